The van der Waals surface area contributed by atoms with Gasteiger partial charge in [-0.2, -0.15) is 0 Å². The highest BCUT2D eigenvalue weighted by Crippen LogP contribution is 2.30. The molecule has 1 saturated carbocycles. The molecule has 0 radical (unpaired) electrons. The van der Waals surface area contributed by atoms with Crippen LogP contribution < -0.4 is 11.1 Å². The molecule has 92 valence electrons. The third kappa shape index (κ3) is 2.75. The van der Waals surface area contributed by atoms with Gasteiger partial charge < -0.3 is 11.1 Å². The number of amides is 1. The summed E-state index contributed by atoms with van der Waals surface area (Å²) in [5.41, 5.74) is 6.66. The third-order valence-corrected chi connectivity index (χ3v) is 3.66. The molecule has 2 atom stereocenters. The van der Waals surface area contributed by atoms with Crippen molar-refractivity contribution in [3.63, 3.8) is 0 Å². The first kappa shape index (κ1) is 11.9. The number of nitrogen functional groups attached to an aromatic ring is 1. The topological polar surface area (TPSA) is 68.0 Å². The molecule has 1 fully saturated rings. The summed E-state index contributed by atoms with van der Waals surface area (Å²) >= 11 is 0. The number of carbonyl (C=O) groups excluding carboxylic acids is 1. The number of anilines is 1. The van der Waals surface area contributed by atoms with Crippen molar-refractivity contribution in [2.75, 3.05) is 12.3 Å². The van der Waals surface area contributed by atoms with Crippen LogP contribution in [0.2, 0.25) is 0 Å². The number of rotatable bonds is 3. The van der Waals surface area contributed by atoms with Crippen LogP contribution in [0.15, 0.2) is 18.5 Å². The van der Waals surface area contributed by atoms with Crippen LogP contribution in [-0.2, 0) is 0 Å². The minimum absolute atomic E-state index is 0.0935. The van der Waals surface area contributed by atoms with Gasteiger partial charge in [-0.1, -0.05) is 19.8 Å². The molecule has 0 saturated heterocycles. The number of nitrogens with one attached hydrogen (secondary N) is 1. The van der Waals surface area contributed by atoms with E-state index >= 15 is 0 Å². The van der Waals surface area contributed by atoms with Crippen molar-refractivity contribution in [1.29, 1.82) is 0 Å². The number of nitrogens with two attached hydrogens (primary N) is 1. The summed E-state index contributed by atoms with van der Waals surface area (Å²) in [6.45, 7) is 3.01. The second-order valence-corrected chi connectivity index (χ2v) is 4.84. The van der Waals surface area contributed by atoms with Gasteiger partial charge in [0.05, 0.1) is 17.4 Å². The van der Waals surface area contributed by atoms with Gasteiger partial charge in [0.1, 0.15) is 0 Å². The summed E-state index contributed by atoms with van der Waals surface area (Å²) in [6.07, 6.45) is 6.86. The molecule has 4 nitrogen and oxygen atoms in total. The van der Waals surface area contributed by atoms with Gasteiger partial charge in [0.25, 0.3) is 5.91 Å². The molecular formula is C13H19N3O. The molecule has 4 heteroatoms. The number of hydrogen-bond donors (Lipinski definition) is 2. The highest BCUT2D eigenvalue weighted by molar-refractivity contribution is 5.98. The number of nitrogens with zero attached hydrogens (tertiary/aromatic N) is 1. The predicted molar refractivity (Wildman–Crippen MR) is 67.5 cm³/mol. The van der Waals surface area contributed by atoms with Crippen molar-refractivity contribution in [2.45, 2.75) is 26.2 Å². The second-order valence-electron chi connectivity index (χ2n) is 4.84. The second kappa shape index (κ2) is 5.17. The van der Waals surface area contributed by atoms with Crippen LogP contribution >= 0.6 is 0 Å². The van der Waals surface area contributed by atoms with Crippen molar-refractivity contribution in [2.24, 2.45) is 11.8 Å². The summed E-state index contributed by atoms with van der Waals surface area (Å²) in [6, 6.07) is 1.66. The zero-order valence-corrected chi connectivity index (χ0v) is 10.1. The smallest absolute Gasteiger partial charge is 0.253 e. The van der Waals surface area contributed by atoms with Gasteiger partial charge in [0, 0.05) is 12.7 Å². The first-order chi connectivity index (χ1) is 8.18. The standard InChI is InChI=1S/C13H19N3O/c1-9-3-2-4-10(9)7-16-13(17)11-5-6-15-8-12(11)14/h5-6,8-10H,2-4,7,14H2,1H3,(H,16,17). The summed E-state index contributed by atoms with van der Waals surface area (Å²) in [5, 5.41) is 2.97. The summed E-state index contributed by atoms with van der Waals surface area (Å²) in [4.78, 5) is 15.8. The Morgan fingerprint density at radius 1 is 1.59 bits per heavy atom. The molecule has 1 aliphatic rings. The summed E-state index contributed by atoms with van der Waals surface area (Å²) in [7, 11) is 0. The maximum atomic E-state index is 11.9. The van der Waals surface area contributed by atoms with E-state index in [4.69, 9.17) is 5.73 Å². The van der Waals surface area contributed by atoms with Crippen molar-refractivity contribution in [3.8, 4) is 0 Å². The lowest BCUT2D eigenvalue weighted by molar-refractivity contribution is 0.0945. The van der Waals surface area contributed by atoms with Crippen LogP contribution in [0.1, 0.15) is 36.5 Å². The molecule has 1 aromatic rings. The van der Waals surface area contributed by atoms with Gasteiger partial charge in [-0.05, 0) is 24.3 Å². The Morgan fingerprint density at radius 3 is 3.06 bits per heavy atom. The molecule has 1 amide bonds. The molecule has 1 heterocycles. The zero-order valence-electron chi connectivity index (χ0n) is 10.1. The minimum atomic E-state index is -0.0935. The van der Waals surface area contributed by atoms with E-state index in [1.54, 1.807) is 12.3 Å². The van der Waals surface area contributed by atoms with E-state index in [1.807, 2.05) is 0 Å². The molecule has 1 aromatic heterocycles. The fourth-order valence-corrected chi connectivity index (χ4v) is 2.46. The highest BCUT2D eigenvalue weighted by Gasteiger charge is 2.23. The summed E-state index contributed by atoms with van der Waals surface area (Å²) in [5.74, 6) is 1.23. The Morgan fingerprint density at radius 2 is 2.41 bits per heavy atom. The van der Waals surface area contributed by atoms with Gasteiger partial charge in [-0.3, -0.25) is 9.78 Å². The van der Waals surface area contributed by atoms with E-state index < -0.39 is 0 Å². The maximum absolute atomic E-state index is 11.9. The number of carbonyl (C=O) groups is 1. The van der Waals surface area contributed by atoms with Gasteiger partial charge in [-0.15, -0.1) is 0 Å². The monoisotopic (exact) mass is 233 g/mol. The highest BCUT2D eigenvalue weighted by atomic mass is 16.1. The fraction of sp³-hybridized carbons (Fsp3) is 0.538. The van der Waals surface area contributed by atoms with Crippen molar-refractivity contribution in [1.82, 2.24) is 10.3 Å². The number of hydrogen-bond acceptors (Lipinski definition) is 3. The quantitative estimate of drug-likeness (QED) is 0.837. The Bertz CT molecular complexity index is 405. The molecule has 2 rings (SSSR count). The Kier molecular flexibility index (Phi) is 3.61. The van der Waals surface area contributed by atoms with E-state index in [0.29, 0.717) is 23.1 Å². The van der Waals surface area contributed by atoms with Crippen LogP contribution in [0.3, 0.4) is 0 Å². The van der Waals surface area contributed by atoms with Gasteiger partial charge in [0.15, 0.2) is 0 Å². The molecule has 0 aliphatic heterocycles. The van der Waals surface area contributed by atoms with E-state index in [9.17, 15) is 4.79 Å². The molecule has 2 unspecified atom stereocenters. The van der Waals surface area contributed by atoms with E-state index in [0.717, 1.165) is 6.54 Å². The van der Waals surface area contributed by atoms with Gasteiger partial charge in [-0.25, -0.2) is 0 Å². The molecule has 0 spiro atoms. The van der Waals surface area contributed by atoms with Crippen molar-refractivity contribution >= 4 is 11.6 Å². The van der Waals surface area contributed by atoms with Crippen molar-refractivity contribution in [3.05, 3.63) is 24.0 Å². The Labute approximate surface area is 102 Å². The molecule has 3 N–H and O–H groups in total. The first-order valence-electron chi connectivity index (χ1n) is 6.16. The van der Waals surface area contributed by atoms with Crippen LogP contribution in [0.5, 0.6) is 0 Å². The van der Waals surface area contributed by atoms with Crippen LogP contribution in [0, 0.1) is 11.8 Å². The van der Waals surface area contributed by atoms with Crippen molar-refractivity contribution < 1.29 is 4.79 Å². The van der Waals surface area contributed by atoms with Crippen LogP contribution in [-0.4, -0.2) is 17.4 Å². The molecular weight excluding hydrogens is 214 g/mol. The van der Waals surface area contributed by atoms with E-state index in [-0.39, 0.29) is 5.91 Å². The maximum Gasteiger partial charge on any atom is 0.253 e. The predicted octanol–water partition coefficient (Wildman–Crippen LogP) is 1.83. The lowest BCUT2D eigenvalue weighted by Crippen LogP contribution is -2.30. The lowest BCUT2D eigenvalue weighted by atomic mass is 9.98. The molecule has 0 aromatic carbocycles. The third-order valence-electron chi connectivity index (χ3n) is 3.66. The summed E-state index contributed by atoms with van der Waals surface area (Å²) < 4.78 is 0. The Hall–Kier alpha value is -1.58. The zero-order chi connectivity index (χ0) is 12.3. The van der Waals surface area contributed by atoms with Gasteiger partial charge >= 0.3 is 0 Å². The lowest BCUT2D eigenvalue weighted by Gasteiger charge is -2.16. The molecule has 1 aliphatic carbocycles. The fourth-order valence-electron chi connectivity index (χ4n) is 2.46. The van der Waals surface area contributed by atoms with Crippen LogP contribution in [0.25, 0.3) is 0 Å². The normalized spacial score (nSPS) is 23.6. The first-order valence-corrected chi connectivity index (χ1v) is 6.16. The van der Waals surface area contributed by atoms with E-state index in [1.165, 1.54) is 25.5 Å². The number of pyridine rings is 1. The molecule has 17 heavy (non-hydrogen) atoms. The minimum Gasteiger partial charge on any atom is -0.397 e. The van der Waals surface area contributed by atoms with E-state index in [2.05, 4.69) is 17.2 Å². The average molecular weight is 233 g/mol. The SMILES string of the molecule is CC1CCCC1CNC(=O)c1ccncc1N. The molecule has 0 bridgehead atoms. The number of aromatic nitrogens is 1. The largest absolute Gasteiger partial charge is 0.397 e. The van der Waals surface area contributed by atoms with Crippen LogP contribution in [0.4, 0.5) is 5.69 Å². The average Bonchev–Trinajstić information content (AvgIpc) is 2.72. The Balaban J connectivity index is 1.91. The van der Waals surface area contributed by atoms with Gasteiger partial charge in [0.2, 0.25) is 0 Å².